The largest absolute Gasteiger partial charge is 0.508 e. The number of hydrogen-bond acceptors (Lipinski definition) is 4. The van der Waals surface area contributed by atoms with Crippen molar-refractivity contribution in [3.8, 4) is 11.5 Å². The number of piperazine rings is 1. The number of nitrogens with zero attached hydrogens (tertiary/aromatic N) is 2. The molecule has 23 heavy (non-hydrogen) atoms. The van der Waals surface area contributed by atoms with Crippen LogP contribution in [0.25, 0.3) is 0 Å². The number of carbonyl (C=O) groups is 1. The molecule has 1 heterocycles. The number of phenolic OH excluding ortho intramolecular Hbond substituents is 1. The van der Waals surface area contributed by atoms with Gasteiger partial charge >= 0.3 is 0 Å². The van der Waals surface area contributed by atoms with Crippen LogP contribution in [0.4, 0.5) is 0 Å². The summed E-state index contributed by atoms with van der Waals surface area (Å²) in [5.41, 5.74) is 0. The lowest BCUT2D eigenvalue weighted by atomic mass is 10.2. The van der Waals surface area contributed by atoms with Crippen molar-refractivity contribution < 1.29 is 14.6 Å². The SMILES string of the molecule is O=C(CCOc1ccc(O)cc1)N1CCN(C2CCCC2)CC1. The maximum Gasteiger partial charge on any atom is 0.226 e. The maximum atomic E-state index is 12.3. The van der Waals surface area contributed by atoms with E-state index in [1.54, 1.807) is 24.3 Å². The van der Waals surface area contributed by atoms with E-state index in [-0.39, 0.29) is 11.7 Å². The zero-order chi connectivity index (χ0) is 16.1. The molecule has 1 aromatic carbocycles. The van der Waals surface area contributed by atoms with Gasteiger partial charge in [0.05, 0.1) is 13.0 Å². The number of aromatic hydroxyl groups is 1. The Bertz CT molecular complexity index is 504. The van der Waals surface area contributed by atoms with Crippen molar-refractivity contribution >= 4 is 5.91 Å². The van der Waals surface area contributed by atoms with E-state index in [0.29, 0.717) is 18.8 Å². The first-order valence-electron chi connectivity index (χ1n) is 8.66. The smallest absolute Gasteiger partial charge is 0.226 e. The summed E-state index contributed by atoms with van der Waals surface area (Å²) in [5, 5.41) is 9.22. The normalized spacial score (nSPS) is 19.9. The molecule has 0 radical (unpaired) electrons. The molecule has 1 N–H and O–H groups in total. The molecule has 1 amide bonds. The molecular formula is C18H26N2O3. The highest BCUT2D eigenvalue weighted by atomic mass is 16.5. The van der Waals surface area contributed by atoms with Crippen molar-refractivity contribution in [3.05, 3.63) is 24.3 Å². The molecule has 1 aromatic rings. The maximum absolute atomic E-state index is 12.3. The number of phenols is 1. The van der Waals surface area contributed by atoms with E-state index >= 15 is 0 Å². The molecule has 1 saturated heterocycles. The molecule has 2 aliphatic rings. The molecule has 2 fully saturated rings. The van der Waals surface area contributed by atoms with Gasteiger partial charge in [0.2, 0.25) is 5.91 Å². The summed E-state index contributed by atoms with van der Waals surface area (Å²) >= 11 is 0. The Morgan fingerprint density at radius 3 is 2.39 bits per heavy atom. The average Bonchev–Trinajstić information content (AvgIpc) is 3.11. The van der Waals surface area contributed by atoms with Gasteiger partial charge < -0.3 is 14.7 Å². The molecule has 126 valence electrons. The molecule has 0 unspecified atom stereocenters. The molecule has 0 bridgehead atoms. The second-order valence-electron chi connectivity index (χ2n) is 6.45. The fourth-order valence-corrected chi connectivity index (χ4v) is 3.56. The number of benzene rings is 1. The highest BCUT2D eigenvalue weighted by Gasteiger charge is 2.27. The summed E-state index contributed by atoms with van der Waals surface area (Å²) in [6.07, 6.45) is 5.78. The van der Waals surface area contributed by atoms with Crippen molar-refractivity contribution in [2.45, 2.75) is 38.1 Å². The van der Waals surface area contributed by atoms with Crippen LogP contribution < -0.4 is 4.74 Å². The molecule has 1 saturated carbocycles. The monoisotopic (exact) mass is 318 g/mol. The zero-order valence-electron chi connectivity index (χ0n) is 13.6. The molecular weight excluding hydrogens is 292 g/mol. The first kappa shape index (κ1) is 16.1. The van der Waals surface area contributed by atoms with Gasteiger partial charge in [-0.3, -0.25) is 9.69 Å². The van der Waals surface area contributed by atoms with Crippen molar-refractivity contribution in [2.75, 3.05) is 32.8 Å². The quantitative estimate of drug-likeness (QED) is 0.905. The third-order valence-corrected chi connectivity index (χ3v) is 4.93. The van der Waals surface area contributed by atoms with E-state index in [1.165, 1.54) is 25.7 Å². The summed E-state index contributed by atoms with van der Waals surface area (Å²) in [6.45, 7) is 4.08. The Labute approximate surface area is 137 Å². The van der Waals surface area contributed by atoms with Gasteiger partial charge in [-0.15, -0.1) is 0 Å². The predicted octanol–water partition coefficient (Wildman–Crippen LogP) is 2.25. The van der Waals surface area contributed by atoms with Gasteiger partial charge in [0.15, 0.2) is 0 Å². The fraction of sp³-hybridized carbons (Fsp3) is 0.611. The molecule has 3 rings (SSSR count). The lowest BCUT2D eigenvalue weighted by Crippen LogP contribution is -2.51. The third-order valence-electron chi connectivity index (χ3n) is 4.93. The summed E-state index contributed by atoms with van der Waals surface area (Å²) in [4.78, 5) is 16.8. The van der Waals surface area contributed by atoms with Gasteiger partial charge in [-0.25, -0.2) is 0 Å². The van der Waals surface area contributed by atoms with Crippen LogP contribution in [-0.4, -0.2) is 59.6 Å². The minimum absolute atomic E-state index is 0.176. The number of ether oxygens (including phenoxy) is 1. The van der Waals surface area contributed by atoms with E-state index in [2.05, 4.69) is 4.90 Å². The molecule has 0 atom stereocenters. The molecule has 0 spiro atoms. The fourth-order valence-electron chi connectivity index (χ4n) is 3.56. The van der Waals surface area contributed by atoms with Crippen LogP contribution in [0.15, 0.2) is 24.3 Å². The molecule has 5 heteroatoms. The summed E-state index contributed by atoms with van der Waals surface area (Å²) in [7, 11) is 0. The lowest BCUT2D eigenvalue weighted by Gasteiger charge is -2.38. The molecule has 1 aliphatic heterocycles. The summed E-state index contributed by atoms with van der Waals surface area (Å²) in [5.74, 6) is 1.07. The van der Waals surface area contributed by atoms with E-state index < -0.39 is 0 Å². The number of amides is 1. The van der Waals surface area contributed by atoms with E-state index in [4.69, 9.17) is 4.74 Å². The van der Waals surface area contributed by atoms with Crippen molar-refractivity contribution in [3.63, 3.8) is 0 Å². The minimum Gasteiger partial charge on any atom is -0.508 e. The Kier molecular flexibility index (Phi) is 5.39. The Hall–Kier alpha value is -1.75. The van der Waals surface area contributed by atoms with Crippen molar-refractivity contribution in [2.24, 2.45) is 0 Å². The van der Waals surface area contributed by atoms with Gasteiger partial charge in [0, 0.05) is 32.2 Å². The zero-order valence-corrected chi connectivity index (χ0v) is 13.6. The van der Waals surface area contributed by atoms with Crippen LogP contribution in [0.3, 0.4) is 0 Å². The van der Waals surface area contributed by atoms with Crippen LogP contribution in [0.2, 0.25) is 0 Å². The number of rotatable bonds is 5. The van der Waals surface area contributed by atoms with Gasteiger partial charge in [-0.2, -0.15) is 0 Å². The van der Waals surface area contributed by atoms with Gasteiger partial charge in [0.1, 0.15) is 11.5 Å². The van der Waals surface area contributed by atoms with Crippen LogP contribution in [0.1, 0.15) is 32.1 Å². The first-order valence-corrected chi connectivity index (χ1v) is 8.66. The van der Waals surface area contributed by atoms with E-state index in [1.807, 2.05) is 4.90 Å². The third kappa shape index (κ3) is 4.38. The minimum atomic E-state index is 0.176. The van der Waals surface area contributed by atoms with E-state index in [9.17, 15) is 9.90 Å². The van der Waals surface area contributed by atoms with Gasteiger partial charge in [0.25, 0.3) is 0 Å². The second kappa shape index (κ2) is 7.68. The number of hydrogen-bond donors (Lipinski definition) is 1. The topological polar surface area (TPSA) is 53.0 Å². The first-order chi connectivity index (χ1) is 11.2. The van der Waals surface area contributed by atoms with Crippen molar-refractivity contribution in [1.29, 1.82) is 0 Å². The average molecular weight is 318 g/mol. The Morgan fingerprint density at radius 1 is 1.09 bits per heavy atom. The van der Waals surface area contributed by atoms with Crippen LogP contribution in [-0.2, 0) is 4.79 Å². The number of carbonyl (C=O) groups excluding carboxylic acids is 1. The van der Waals surface area contributed by atoms with Gasteiger partial charge in [-0.05, 0) is 37.1 Å². The van der Waals surface area contributed by atoms with Crippen LogP contribution in [0, 0.1) is 0 Å². The summed E-state index contributed by atoms with van der Waals surface area (Å²) < 4.78 is 5.56. The van der Waals surface area contributed by atoms with Crippen molar-refractivity contribution in [1.82, 2.24) is 9.80 Å². The molecule has 1 aliphatic carbocycles. The molecule has 0 aromatic heterocycles. The Morgan fingerprint density at radius 2 is 1.74 bits per heavy atom. The molecule has 5 nitrogen and oxygen atoms in total. The van der Waals surface area contributed by atoms with Gasteiger partial charge in [-0.1, -0.05) is 12.8 Å². The van der Waals surface area contributed by atoms with Crippen LogP contribution in [0.5, 0.6) is 11.5 Å². The van der Waals surface area contributed by atoms with E-state index in [0.717, 1.165) is 32.2 Å². The summed E-state index contributed by atoms with van der Waals surface area (Å²) in [6, 6.07) is 7.34. The Balaban J connectivity index is 1.36. The highest BCUT2D eigenvalue weighted by molar-refractivity contribution is 5.76. The standard InChI is InChI=1S/C18H26N2O3/c21-16-5-7-17(8-6-16)23-14-9-18(22)20-12-10-19(11-13-20)15-3-1-2-4-15/h5-8,15,21H,1-4,9-14H2. The predicted molar refractivity (Wildman–Crippen MR) is 88.6 cm³/mol. The highest BCUT2D eigenvalue weighted by Crippen LogP contribution is 2.24. The van der Waals surface area contributed by atoms with Crippen LogP contribution >= 0.6 is 0 Å². The lowest BCUT2D eigenvalue weighted by molar-refractivity contribution is -0.133. The second-order valence-corrected chi connectivity index (χ2v) is 6.45.